The van der Waals surface area contributed by atoms with Gasteiger partial charge in [-0.3, -0.25) is 14.6 Å². The molecule has 0 unspecified atom stereocenters. The maximum absolute atomic E-state index is 13.1. The molecule has 180 valence electrons. The van der Waals surface area contributed by atoms with Crippen LogP contribution in [0.15, 0.2) is 77.0 Å². The molecule has 4 rings (SSSR count). The van der Waals surface area contributed by atoms with E-state index in [0.717, 1.165) is 6.26 Å². The van der Waals surface area contributed by atoms with Gasteiger partial charge in [0.2, 0.25) is 0 Å². The Hall–Kier alpha value is -4.05. The van der Waals surface area contributed by atoms with Gasteiger partial charge in [-0.25, -0.2) is 13.4 Å². The fraction of sp³-hybridized carbons (Fsp3) is 0.200. The first-order valence-electron chi connectivity index (χ1n) is 10.9. The highest BCUT2D eigenvalue weighted by Gasteiger charge is 2.22. The van der Waals surface area contributed by atoms with E-state index in [2.05, 4.69) is 15.4 Å². The van der Waals surface area contributed by atoms with Crippen molar-refractivity contribution >= 4 is 33.1 Å². The number of hydrogen-bond donors (Lipinski definition) is 1. The van der Waals surface area contributed by atoms with Crippen molar-refractivity contribution in [1.29, 1.82) is 0 Å². The highest BCUT2D eigenvalue weighted by Crippen LogP contribution is 2.27. The number of nitrogens with zero attached hydrogens (tertiary/aromatic N) is 3. The van der Waals surface area contributed by atoms with E-state index in [0.29, 0.717) is 47.5 Å². The van der Waals surface area contributed by atoms with Crippen LogP contribution < -0.4 is 10.1 Å². The van der Waals surface area contributed by atoms with Crippen molar-refractivity contribution < 1.29 is 22.7 Å². The number of rotatable bonds is 6. The van der Waals surface area contributed by atoms with Crippen molar-refractivity contribution in [1.82, 2.24) is 9.99 Å². The number of nitrogens with one attached hydrogen (secondary N) is 1. The standard InChI is InChI=1S/C25H24N4O5S/c1-34-22-16-19(7-10-23(22)35(2,32)33)21-4-3-15-29(28-21)25(31)18-5-8-20(9-6-18)27-24(30)17-11-13-26-14-12-17/h5-14,16H,3-4,15H2,1-2H3,(H,27,30). The third-order valence-corrected chi connectivity index (χ3v) is 6.62. The van der Waals surface area contributed by atoms with Gasteiger partial charge in [0.15, 0.2) is 9.84 Å². The van der Waals surface area contributed by atoms with Crippen molar-refractivity contribution in [2.75, 3.05) is 25.2 Å². The van der Waals surface area contributed by atoms with Gasteiger partial charge in [-0.1, -0.05) is 6.07 Å². The summed E-state index contributed by atoms with van der Waals surface area (Å²) in [5.74, 6) is -0.302. The molecule has 35 heavy (non-hydrogen) atoms. The molecular weight excluding hydrogens is 468 g/mol. The average molecular weight is 493 g/mol. The summed E-state index contributed by atoms with van der Waals surface area (Å²) in [6.45, 7) is 0.460. The number of methoxy groups -OCH3 is 1. The summed E-state index contributed by atoms with van der Waals surface area (Å²) in [6.07, 6.45) is 5.56. The molecule has 0 atom stereocenters. The van der Waals surface area contributed by atoms with E-state index in [-0.39, 0.29) is 22.5 Å². The third-order valence-electron chi connectivity index (χ3n) is 5.49. The molecule has 0 saturated carbocycles. The minimum absolute atomic E-state index is 0.101. The van der Waals surface area contributed by atoms with E-state index in [9.17, 15) is 18.0 Å². The molecule has 0 radical (unpaired) electrons. The molecule has 0 aliphatic carbocycles. The predicted molar refractivity (Wildman–Crippen MR) is 132 cm³/mol. The Kier molecular flexibility index (Phi) is 6.92. The van der Waals surface area contributed by atoms with Gasteiger partial charge in [-0.05, 0) is 61.4 Å². The zero-order valence-electron chi connectivity index (χ0n) is 19.3. The molecule has 0 bridgehead atoms. The predicted octanol–water partition coefficient (Wildman–Crippen LogP) is 3.39. The lowest BCUT2D eigenvalue weighted by Gasteiger charge is -2.24. The number of hydrogen-bond acceptors (Lipinski definition) is 7. The van der Waals surface area contributed by atoms with Crippen LogP contribution in [0.4, 0.5) is 5.69 Å². The van der Waals surface area contributed by atoms with E-state index >= 15 is 0 Å². The van der Waals surface area contributed by atoms with Crippen LogP contribution in [0.1, 0.15) is 39.1 Å². The Morgan fingerprint density at radius 1 is 1.00 bits per heavy atom. The van der Waals surface area contributed by atoms with E-state index in [1.807, 2.05) is 0 Å². The quantitative estimate of drug-likeness (QED) is 0.564. The lowest BCUT2D eigenvalue weighted by atomic mass is 10.0. The zero-order chi connectivity index (χ0) is 25.0. The number of sulfone groups is 1. The molecular formula is C25H24N4O5S. The number of pyridine rings is 1. The van der Waals surface area contributed by atoms with Crippen molar-refractivity contribution in [3.63, 3.8) is 0 Å². The van der Waals surface area contributed by atoms with Crippen LogP contribution in [0, 0.1) is 0 Å². The molecule has 1 aliphatic heterocycles. The van der Waals surface area contributed by atoms with E-state index in [1.165, 1.54) is 18.2 Å². The van der Waals surface area contributed by atoms with Gasteiger partial charge < -0.3 is 10.1 Å². The van der Waals surface area contributed by atoms with Crippen LogP contribution in [0.2, 0.25) is 0 Å². The number of ether oxygens (including phenoxy) is 1. The minimum atomic E-state index is -3.44. The van der Waals surface area contributed by atoms with E-state index in [1.54, 1.807) is 60.9 Å². The fourth-order valence-electron chi connectivity index (χ4n) is 3.70. The number of benzene rings is 2. The van der Waals surface area contributed by atoms with Crippen LogP contribution in [-0.4, -0.2) is 55.8 Å². The van der Waals surface area contributed by atoms with Crippen molar-refractivity contribution in [2.24, 2.45) is 5.10 Å². The molecule has 9 nitrogen and oxygen atoms in total. The molecule has 1 aliphatic rings. The Morgan fingerprint density at radius 2 is 1.71 bits per heavy atom. The summed E-state index contributed by atoms with van der Waals surface area (Å²) in [5, 5.41) is 8.71. The summed E-state index contributed by atoms with van der Waals surface area (Å²) in [7, 11) is -2.03. The van der Waals surface area contributed by atoms with Gasteiger partial charge in [0.1, 0.15) is 10.6 Å². The summed E-state index contributed by atoms with van der Waals surface area (Å²) in [6, 6.07) is 14.6. The number of carbonyl (C=O) groups is 2. The molecule has 0 fully saturated rings. The second-order valence-corrected chi connectivity index (χ2v) is 9.97. The average Bonchev–Trinajstić information content (AvgIpc) is 2.88. The first kappa shape index (κ1) is 24.1. The van der Waals surface area contributed by atoms with Crippen molar-refractivity contribution in [3.05, 3.63) is 83.7 Å². The van der Waals surface area contributed by atoms with Crippen molar-refractivity contribution in [3.8, 4) is 5.75 Å². The summed E-state index contributed by atoms with van der Waals surface area (Å²) in [4.78, 5) is 29.4. The third kappa shape index (κ3) is 5.55. The van der Waals surface area contributed by atoms with Crippen LogP contribution in [0.25, 0.3) is 0 Å². The van der Waals surface area contributed by atoms with Crippen LogP contribution in [-0.2, 0) is 9.84 Å². The van der Waals surface area contributed by atoms with E-state index in [4.69, 9.17) is 4.74 Å². The van der Waals surface area contributed by atoms with Gasteiger partial charge in [0, 0.05) is 47.6 Å². The molecule has 2 amide bonds. The molecule has 1 N–H and O–H groups in total. The maximum atomic E-state index is 13.1. The highest BCUT2D eigenvalue weighted by molar-refractivity contribution is 7.90. The summed E-state index contributed by atoms with van der Waals surface area (Å²) < 4.78 is 29.2. The normalized spacial score (nSPS) is 13.7. The smallest absolute Gasteiger partial charge is 0.273 e. The lowest BCUT2D eigenvalue weighted by molar-refractivity contribution is 0.0751. The first-order valence-corrected chi connectivity index (χ1v) is 12.7. The molecule has 1 aromatic heterocycles. The second-order valence-electron chi connectivity index (χ2n) is 7.98. The zero-order valence-corrected chi connectivity index (χ0v) is 20.1. The largest absolute Gasteiger partial charge is 0.495 e. The van der Waals surface area contributed by atoms with Gasteiger partial charge in [-0.2, -0.15) is 5.10 Å². The monoisotopic (exact) mass is 492 g/mol. The summed E-state index contributed by atoms with van der Waals surface area (Å²) in [5.41, 5.74) is 2.84. The first-order chi connectivity index (χ1) is 16.8. The number of aromatic nitrogens is 1. The van der Waals surface area contributed by atoms with Crippen LogP contribution in [0.5, 0.6) is 5.75 Å². The molecule has 0 saturated heterocycles. The Balaban J connectivity index is 1.50. The minimum Gasteiger partial charge on any atom is -0.495 e. The maximum Gasteiger partial charge on any atom is 0.273 e. The summed E-state index contributed by atoms with van der Waals surface area (Å²) >= 11 is 0. The van der Waals surface area contributed by atoms with Crippen molar-refractivity contribution in [2.45, 2.75) is 17.7 Å². The Bertz CT molecular complexity index is 1390. The lowest BCUT2D eigenvalue weighted by Crippen LogP contribution is -2.32. The Labute approximate surface area is 203 Å². The number of hydrazone groups is 1. The van der Waals surface area contributed by atoms with Crippen LogP contribution >= 0.6 is 0 Å². The van der Waals surface area contributed by atoms with Gasteiger partial charge in [0.25, 0.3) is 11.8 Å². The van der Waals surface area contributed by atoms with Gasteiger partial charge >= 0.3 is 0 Å². The number of anilines is 1. The SMILES string of the molecule is COc1cc(C2=NN(C(=O)c3ccc(NC(=O)c4ccncc4)cc3)CCC2)ccc1S(C)(=O)=O. The molecule has 2 heterocycles. The van der Waals surface area contributed by atoms with Crippen LogP contribution in [0.3, 0.4) is 0 Å². The number of carbonyl (C=O) groups excluding carboxylic acids is 2. The highest BCUT2D eigenvalue weighted by atomic mass is 32.2. The molecule has 0 spiro atoms. The molecule has 3 aromatic rings. The van der Waals surface area contributed by atoms with Gasteiger partial charge in [0.05, 0.1) is 12.8 Å². The number of amides is 2. The second kappa shape index (κ2) is 10.1. The Morgan fingerprint density at radius 3 is 2.37 bits per heavy atom. The van der Waals surface area contributed by atoms with Gasteiger partial charge in [-0.15, -0.1) is 0 Å². The fourth-order valence-corrected chi connectivity index (χ4v) is 4.52. The van der Waals surface area contributed by atoms with E-state index < -0.39 is 9.84 Å². The topological polar surface area (TPSA) is 118 Å². The molecule has 10 heteroatoms. The molecule has 2 aromatic carbocycles.